The predicted molar refractivity (Wildman–Crippen MR) is 119 cm³/mol. The molecule has 3 aliphatic rings. The molecule has 0 bridgehead atoms. The second kappa shape index (κ2) is 8.92. The third-order valence-electron chi connectivity index (χ3n) is 7.05. The van der Waals surface area contributed by atoms with Crippen molar-refractivity contribution in [3.8, 4) is 0 Å². The number of aliphatic hydroxyl groups is 1. The van der Waals surface area contributed by atoms with Crippen LogP contribution < -0.4 is 5.32 Å². The van der Waals surface area contributed by atoms with Crippen molar-refractivity contribution in [2.24, 2.45) is 0 Å². The van der Waals surface area contributed by atoms with Crippen LogP contribution in [0.25, 0.3) is 0 Å². The van der Waals surface area contributed by atoms with E-state index in [4.69, 9.17) is 4.74 Å². The Labute approximate surface area is 199 Å². The molecule has 0 radical (unpaired) electrons. The molecule has 2 aromatic rings. The summed E-state index contributed by atoms with van der Waals surface area (Å²) in [6.45, 7) is 3.32. The van der Waals surface area contributed by atoms with Crippen LogP contribution in [-0.4, -0.2) is 50.9 Å². The quantitative estimate of drug-likeness (QED) is 0.640. The van der Waals surface area contributed by atoms with Crippen molar-refractivity contribution in [2.75, 3.05) is 13.2 Å². The molecule has 4 heterocycles. The molecular formula is C23H29F3N4O3S. The zero-order valence-electron chi connectivity index (χ0n) is 19.0. The van der Waals surface area contributed by atoms with Gasteiger partial charge >= 0.3 is 6.18 Å². The first-order valence-corrected chi connectivity index (χ1v) is 12.5. The van der Waals surface area contributed by atoms with Gasteiger partial charge in [-0.3, -0.25) is 14.4 Å². The predicted octanol–water partition coefficient (Wildman–Crippen LogP) is 3.19. The van der Waals surface area contributed by atoms with Crippen molar-refractivity contribution < 1.29 is 27.8 Å². The summed E-state index contributed by atoms with van der Waals surface area (Å²) in [5, 5.41) is 17.0. The molecule has 1 saturated carbocycles. The van der Waals surface area contributed by atoms with E-state index in [0.717, 1.165) is 29.7 Å². The van der Waals surface area contributed by atoms with E-state index in [9.17, 15) is 23.1 Å². The molecule has 2 N–H and O–H groups in total. The van der Waals surface area contributed by atoms with Gasteiger partial charge < -0.3 is 15.2 Å². The van der Waals surface area contributed by atoms with E-state index in [1.54, 1.807) is 10.9 Å². The van der Waals surface area contributed by atoms with Crippen molar-refractivity contribution in [1.82, 2.24) is 20.0 Å². The van der Waals surface area contributed by atoms with Crippen LogP contribution in [0.4, 0.5) is 13.2 Å². The van der Waals surface area contributed by atoms with Crippen molar-refractivity contribution in [3.05, 3.63) is 38.8 Å². The molecule has 5 rings (SSSR count). The molecule has 1 saturated heterocycles. The molecule has 34 heavy (non-hydrogen) atoms. The Kier molecular flexibility index (Phi) is 6.24. The topological polar surface area (TPSA) is 79.6 Å². The number of aromatic nitrogens is 2. The number of aliphatic hydroxyl groups excluding tert-OH is 1. The first kappa shape index (κ1) is 23.8. The first-order chi connectivity index (χ1) is 16.2. The summed E-state index contributed by atoms with van der Waals surface area (Å²) in [6.07, 6.45) is 2.81. The number of fused-ring (bicyclic) bond motifs is 2. The highest BCUT2D eigenvalue weighted by atomic mass is 32.1. The SMILES string of the molecule is C[C@H]1C[C@@]2(CCN1Cc1cnn(CC(=O)NC3CC3)c1)OCCc1c2sc(C(F)(F)F)c1CO. The number of piperidine rings is 1. The summed E-state index contributed by atoms with van der Waals surface area (Å²) in [6, 6.07) is 0.394. The maximum Gasteiger partial charge on any atom is 0.425 e. The second-order valence-electron chi connectivity index (χ2n) is 9.63. The number of amides is 1. The highest BCUT2D eigenvalue weighted by molar-refractivity contribution is 7.12. The molecule has 1 spiro atoms. The third kappa shape index (κ3) is 4.62. The van der Waals surface area contributed by atoms with Gasteiger partial charge in [-0.1, -0.05) is 0 Å². The van der Waals surface area contributed by atoms with Crippen molar-refractivity contribution >= 4 is 17.2 Å². The van der Waals surface area contributed by atoms with E-state index in [-0.39, 0.29) is 24.1 Å². The number of hydrogen-bond donors (Lipinski definition) is 2. The summed E-state index contributed by atoms with van der Waals surface area (Å²) < 4.78 is 48.7. The van der Waals surface area contributed by atoms with Crippen LogP contribution in [0.1, 0.15) is 59.1 Å². The monoisotopic (exact) mass is 498 g/mol. The zero-order chi connectivity index (χ0) is 24.1. The van der Waals surface area contributed by atoms with Gasteiger partial charge in [-0.25, -0.2) is 0 Å². The lowest BCUT2D eigenvalue weighted by Gasteiger charge is -2.47. The molecule has 2 aliphatic heterocycles. The Morgan fingerprint density at radius 1 is 1.41 bits per heavy atom. The fraction of sp³-hybridized carbons (Fsp3) is 0.652. The maximum absolute atomic E-state index is 13.6. The standard InChI is InChI=1S/C23H29F3N4O3S/c1-14-8-22(20-17(4-7-33-22)18(13-31)21(34-20)23(24,25)26)5-6-29(14)10-15-9-27-30(11-15)12-19(32)28-16-2-3-16/h9,11,14,16,31H,2-8,10,12-13H2,1H3,(H,28,32)/t14-,22+/m0/s1. The van der Waals surface area contributed by atoms with Gasteiger partial charge in [-0.2, -0.15) is 18.3 Å². The van der Waals surface area contributed by atoms with Crippen LogP contribution in [0.2, 0.25) is 0 Å². The molecule has 11 heteroatoms. The van der Waals surface area contributed by atoms with Crippen LogP contribution in [0.3, 0.4) is 0 Å². The lowest BCUT2D eigenvalue weighted by molar-refractivity contribution is -0.135. The molecule has 7 nitrogen and oxygen atoms in total. The lowest BCUT2D eigenvalue weighted by atomic mass is 9.81. The molecule has 2 fully saturated rings. The number of hydrogen-bond acceptors (Lipinski definition) is 6. The fourth-order valence-corrected chi connectivity index (χ4v) is 6.63. The van der Waals surface area contributed by atoms with Gasteiger partial charge in [0.1, 0.15) is 17.0 Å². The smallest absolute Gasteiger partial charge is 0.392 e. The van der Waals surface area contributed by atoms with Crippen LogP contribution in [0, 0.1) is 0 Å². The highest BCUT2D eigenvalue weighted by Crippen LogP contribution is 2.51. The van der Waals surface area contributed by atoms with Gasteiger partial charge in [0.2, 0.25) is 5.91 Å². The number of rotatable bonds is 6. The van der Waals surface area contributed by atoms with Gasteiger partial charge in [0.25, 0.3) is 0 Å². The number of carbonyl (C=O) groups excluding carboxylic acids is 1. The summed E-state index contributed by atoms with van der Waals surface area (Å²) in [7, 11) is 0. The largest absolute Gasteiger partial charge is 0.425 e. The van der Waals surface area contributed by atoms with E-state index >= 15 is 0 Å². The summed E-state index contributed by atoms with van der Waals surface area (Å²) >= 11 is 0.744. The second-order valence-corrected chi connectivity index (χ2v) is 10.6. The number of likely N-dealkylation sites (tertiary alicyclic amines) is 1. The maximum atomic E-state index is 13.6. The van der Waals surface area contributed by atoms with Crippen molar-refractivity contribution in [2.45, 2.75) is 82.6 Å². The molecular weight excluding hydrogens is 469 g/mol. The summed E-state index contributed by atoms with van der Waals surface area (Å²) in [5.74, 6) is -0.0351. The Morgan fingerprint density at radius 3 is 2.88 bits per heavy atom. The Bertz CT molecular complexity index is 1060. The zero-order valence-corrected chi connectivity index (χ0v) is 19.8. The van der Waals surface area contributed by atoms with Crippen molar-refractivity contribution in [1.29, 1.82) is 0 Å². The molecule has 186 valence electrons. The van der Waals surface area contributed by atoms with E-state index in [0.29, 0.717) is 55.4 Å². The number of carbonyl (C=O) groups is 1. The number of nitrogens with zero attached hydrogens (tertiary/aromatic N) is 3. The van der Waals surface area contributed by atoms with Gasteiger partial charge in [-0.05, 0) is 44.6 Å². The molecule has 0 unspecified atom stereocenters. The van der Waals surface area contributed by atoms with Gasteiger partial charge in [-0.15, -0.1) is 11.3 Å². The van der Waals surface area contributed by atoms with Crippen LogP contribution in [0.15, 0.2) is 12.4 Å². The molecule has 2 aromatic heterocycles. The Morgan fingerprint density at radius 2 is 2.21 bits per heavy atom. The lowest BCUT2D eigenvalue weighted by Crippen LogP contribution is -2.50. The fourth-order valence-electron chi connectivity index (χ4n) is 5.22. The molecule has 1 aliphatic carbocycles. The van der Waals surface area contributed by atoms with Gasteiger partial charge in [0.15, 0.2) is 0 Å². The highest BCUT2D eigenvalue weighted by Gasteiger charge is 2.48. The van der Waals surface area contributed by atoms with E-state index in [1.165, 1.54) is 0 Å². The van der Waals surface area contributed by atoms with Gasteiger partial charge in [0.05, 0.1) is 19.4 Å². The third-order valence-corrected chi connectivity index (χ3v) is 8.55. The minimum Gasteiger partial charge on any atom is -0.392 e. The number of alkyl halides is 3. The van der Waals surface area contributed by atoms with Crippen LogP contribution >= 0.6 is 11.3 Å². The Balaban J connectivity index is 1.28. The van der Waals surface area contributed by atoms with Crippen molar-refractivity contribution in [3.63, 3.8) is 0 Å². The summed E-state index contributed by atoms with van der Waals surface area (Å²) in [5.41, 5.74) is 0.887. The number of thiophene rings is 1. The van der Waals surface area contributed by atoms with E-state index in [1.807, 2.05) is 6.20 Å². The average Bonchev–Trinajstić information content (AvgIpc) is 3.31. The molecule has 0 aromatic carbocycles. The minimum absolute atomic E-state index is 0.0170. The normalized spacial score (nSPS) is 25.5. The summed E-state index contributed by atoms with van der Waals surface area (Å²) in [4.78, 5) is 14.2. The molecule has 1 amide bonds. The first-order valence-electron chi connectivity index (χ1n) is 11.7. The number of ether oxygens (including phenoxy) is 1. The van der Waals surface area contributed by atoms with Crippen LogP contribution in [-0.2, 0) is 47.4 Å². The minimum atomic E-state index is -4.48. The average molecular weight is 499 g/mol. The Hall–Kier alpha value is -1.95. The van der Waals surface area contributed by atoms with E-state index < -0.39 is 23.3 Å². The number of halogens is 3. The van der Waals surface area contributed by atoms with E-state index in [2.05, 4.69) is 22.2 Å². The number of nitrogens with one attached hydrogen (secondary N) is 1. The van der Waals surface area contributed by atoms with Gasteiger partial charge in [0, 0.05) is 47.4 Å². The molecule has 2 atom stereocenters. The van der Waals surface area contributed by atoms with Crippen LogP contribution in [0.5, 0.6) is 0 Å².